The van der Waals surface area contributed by atoms with Gasteiger partial charge in [0.15, 0.2) is 0 Å². The van der Waals surface area contributed by atoms with Crippen LogP contribution in [-0.2, 0) is 6.42 Å². The molecule has 0 amide bonds. The lowest BCUT2D eigenvalue weighted by molar-refractivity contribution is 0.475. The Hall–Kier alpha value is -1.96. The van der Waals surface area contributed by atoms with E-state index in [4.69, 9.17) is 0 Å². The minimum absolute atomic E-state index is 0.323. The van der Waals surface area contributed by atoms with Gasteiger partial charge in [-0.05, 0) is 54.7 Å². The second-order valence-corrected chi connectivity index (χ2v) is 5.50. The second-order valence-electron chi connectivity index (χ2n) is 5.50. The average molecular weight is 283 g/mol. The standard InChI is InChI=1S/C19H25NO/c1-3-13-20(14-4-2)18-9-5-16(6-10-18)15-17-7-11-19(21)12-8-17/h5-12,21H,3-4,13-15H2,1-2H3. The Bertz CT molecular complexity index is 524. The van der Waals surface area contributed by atoms with E-state index in [1.807, 2.05) is 12.1 Å². The lowest BCUT2D eigenvalue weighted by Crippen LogP contribution is -2.24. The second kappa shape index (κ2) is 7.72. The summed E-state index contributed by atoms with van der Waals surface area (Å²) in [4.78, 5) is 2.45. The molecule has 0 aliphatic heterocycles. The first-order chi connectivity index (χ1) is 10.2. The maximum atomic E-state index is 9.32. The van der Waals surface area contributed by atoms with Crippen LogP contribution in [0.15, 0.2) is 48.5 Å². The van der Waals surface area contributed by atoms with Crippen LogP contribution in [0, 0.1) is 0 Å². The first-order valence-electron chi connectivity index (χ1n) is 7.84. The third kappa shape index (κ3) is 4.52. The molecule has 0 fully saturated rings. The van der Waals surface area contributed by atoms with Crippen LogP contribution in [0.2, 0.25) is 0 Å². The van der Waals surface area contributed by atoms with E-state index in [9.17, 15) is 5.11 Å². The molecule has 2 aromatic rings. The summed E-state index contributed by atoms with van der Waals surface area (Å²) in [5.74, 6) is 0.323. The number of rotatable bonds is 7. The van der Waals surface area contributed by atoms with Gasteiger partial charge in [0.05, 0.1) is 0 Å². The lowest BCUT2D eigenvalue weighted by atomic mass is 10.0. The third-order valence-electron chi connectivity index (χ3n) is 3.63. The van der Waals surface area contributed by atoms with E-state index in [-0.39, 0.29) is 0 Å². The van der Waals surface area contributed by atoms with E-state index in [0.29, 0.717) is 5.75 Å². The fourth-order valence-electron chi connectivity index (χ4n) is 2.58. The van der Waals surface area contributed by atoms with Crippen LogP contribution in [0.3, 0.4) is 0 Å². The van der Waals surface area contributed by atoms with Gasteiger partial charge in [-0.3, -0.25) is 0 Å². The molecule has 0 radical (unpaired) electrons. The largest absolute Gasteiger partial charge is 0.508 e. The highest BCUT2D eigenvalue weighted by molar-refractivity contribution is 5.48. The Balaban J connectivity index is 2.05. The lowest BCUT2D eigenvalue weighted by Gasteiger charge is -2.24. The van der Waals surface area contributed by atoms with Crippen molar-refractivity contribution in [3.05, 3.63) is 59.7 Å². The maximum Gasteiger partial charge on any atom is 0.115 e. The first-order valence-corrected chi connectivity index (χ1v) is 7.84. The molecule has 0 saturated carbocycles. The topological polar surface area (TPSA) is 23.5 Å². The fraction of sp³-hybridized carbons (Fsp3) is 0.368. The molecule has 0 atom stereocenters. The average Bonchev–Trinajstić information content (AvgIpc) is 2.50. The zero-order valence-electron chi connectivity index (χ0n) is 13.0. The van der Waals surface area contributed by atoms with E-state index in [2.05, 4.69) is 43.0 Å². The zero-order chi connectivity index (χ0) is 15.1. The molecule has 2 heteroatoms. The van der Waals surface area contributed by atoms with E-state index >= 15 is 0 Å². The van der Waals surface area contributed by atoms with Crippen LogP contribution < -0.4 is 4.90 Å². The summed E-state index contributed by atoms with van der Waals surface area (Å²) >= 11 is 0. The molecule has 0 aliphatic rings. The summed E-state index contributed by atoms with van der Waals surface area (Å²) in [6.07, 6.45) is 3.26. The van der Waals surface area contributed by atoms with Gasteiger partial charge in [-0.25, -0.2) is 0 Å². The number of anilines is 1. The summed E-state index contributed by atoms with van der Waals surface area (Å²) in [7, 11) is 0. The Morgan fingerprint density at radius 3 is 1.71 bits per heavy atom. The van der Waals surface area contributed by atoms with E-state index in [1.165, 1.54) is 29.7 Å². The van der Waals surface area contributed by atoms with Crippen molar-refractivity contribution in [2.75, 3.05) is 18.0 Å². The number of hydrogen-bond acceptors (Lipinski definition) is 2. The molecule has 0 unspecified atom stereocenters. The third-order valence-corrected chi connectivity index (χ3v) is 3.63. The number of hydrogen-bond donors (Lipinski definition) is 1. The number of nitrogens with zero attached hydrogens (tertiary/aromatic N) is 1. The van der Waals surface area contributed by atoms with Gasteiger partial charge < -0.3 is 10.0 Å². The molecule has 0 aromatic heterocycles. The molecule has 0 bridgehead atoms. The van der Waals surface area contributed by atoms with Crippen molar-refractivity contribution in [2.24, 2.45) is 0 Å². The molecular formula is C19H25NO. The van der Waals surface area contributed by atoms with Crippen LogP contribution in [0.5, 0.6) is 5.75 Å². The monoisotopic (exact) mass is 283 g/mol. The van der Waals surface area contributed by atoms with Crippen molar-refractivity contribution in [3.63, 3.8) is 0 Å². The number of phenolic OH excluding ortho intramolecular Hbond substituents is 1. The highest BCUT2D eigenvalue weighted by atomic mass is 16.3. The molecule has 112 valence electrons. The maximum absolute atomic E-state index is 9.32. The predicted octanol–water partition coefficient (Wildman–Crippen LogP) is 4.61. The summed E-state index contributed by atoms with van der Waals surface area (Å²) in [6.45, 7) is 6.68. The molecule has 0 heterocycles. The van der Waals surface area contributed by atoms with Gasteiger partial charge >= 0.3 is 0 Å². The number of aromatic hydroxyl groups is 1. The Labute approximate surface area is 128 Å². The quantitative estimate of drug-likeness (QED) is 0.802. The van der Waals surface area contributed by atoms with Crippen LogP contribution in [-0.4, -0.2) is 18.2 Å². The van der Waals surface area contributed by atoms with Crippen molar-refractivity contribution in [1.29, 1.82) is 0 Å². The Kier molecular flexibility index (Phi) is 5.68. The van der Waals surface area contributed by atoms with Crippen LogP contribution in [0.1, 0.15) is 37.8 Å². The van der Waals surface area contributed by atoms with Gasteiger partial charge in [0, 0.05) is 18.8 Å². The highest BCUT2D eigenvalue weighted by Gasteiger charge is 2.04. The molecule has 0 spiro atoms. The smallest absolute Gasteiger partial charge is 0.115 e. The van der Waals surface area contributed by atoms with Gasteiger partial charge in [0.1, 0.15) is 5.75 Å². The minimum atomic E-state index is 0.323. The van der Waals surface area contributed by atoms with Crippen molar-refractivity contribution in [1.82, 2.24) is 0 Å². The summed E-state index contributed by atoms with van der Waals surface area (Å²) in [5, 5.41) is 9.32. The van der Waals surface area contributed by atoms with Gasteiger partial charge in [-0.2, -0.15) is 0 Å². The Morgan fingerprint density at radius 1 is 0.762 bits per heavy atom. The molecule has 2 rings (SSSR count). The van der Waals surface area contributed by atoms with E-state index in [0.717, 1.165) is 19.5 Å². The normalized spacial score (nSPS) is 10.6. The summed E-state index contributed by atoms with van der Waals surface area (Å²) < 4.78 is 0. The van der Waals surface area contributed by atoms with Crippen molar-refractivity contribution in [2.45, 2.75) is 33.1 Å². The predicted molar refractivity (Wildman–Crippen MR) is 90.1 cm³/mol. The zero-order valence-corrected chi connectivity index (χ0v) is 13.0. The van der Waals surface area contributed by atoms with E-state index < -0.39 is 0 Å². The number of phenols is 1. The van der Waals surface area contributed by atoms with Crippen LogP contribution >= 0.6 is 0 Å². The Morgan fingerprint density at radius 2 is 1.24 bits per heavy atom. The first kappa shape index (κ1) is 15.4. The summed E-state index contributed by atoms with van der Waals surface area (Å²) in [5.41, 5.74) is 3.84. The van der Waals surface area contributed by atoms with Crippen molar-refractivity contribution in [3.8, 4) is 5.75 Å². The van der Waals surface area contributed by atoms with Gasteiger partial charge in [-0.15, -0.1) is 0 Å². The molecule has 0 saturated heterocycles. The number of benzene rings is 2. The van der Waals surface area contributed by atoms with Gasteiger partial charge in [-0.1, -0.05) is 38.1 Å². The van der Waals surface area contributed by atoms with Gasteiger partial charge in [0.2, 0.25) is 0 Å². The van der Waals surface area contributed by atoms with Crippen LogP contribution in [0.25, 0.3) is 0 Å². The van der Waals surface area contributed by atoms with Crippen molar-refractivity contribution < 1.29 is 5.11 Å². The summed E-state index contributed by atoms with van der Waals surface area (Å²) in [6, 6.07) is 16.3. The highest BCUT2D eigenvalue weighted by Crippen LogP contribution is 2.19. The minimum Gasteiger partial charge on any atom is -0.508 e. The molecular weight excluding hydrogens is 258 g/mol. The van der Waals surface area contributed by atoms with E-state index in [1.54, 1.807) is 12.1 Å². The van der Waals surface area contributed by atoms with Crippen LogP contribution in [0.4, 0.5) is 5.69 Å². The van der Waals surface area contributed by atoms with Crippen molar-refractivity contribution >= 4 is 5.69 Å². The fourth-order valence-corrected chi connectivity index (χ4v) is 2.58. The molecule has 21 heavy (non-hydrogen) atoms. The molecule has 2 aromatic carbocycles. The SMILES string of the molecule is CCCN(CCC)c1ccc(Cc2ccc(O)cc2)cc1. The molecule has 0 aliphatic carbocycles. The van der Waals surface area contributed by atoms with Gasteiger partial charge in [0.25, 0.3) is 0 Å². The molecule has 1 N–H and O–H groups in total. The molecule has 2 nitrogen and oxygen atoms in total.